The number of rotatable bonds is 8. The molecule has 0 unspecified atom stereocenters. The fourth-order valence-electron chi connectivity index (χ4n) is 4.54. The van der Waals surface area contributed by atoms with E-state index in [1.54, 1.807) is 17.0 Å². The van der Waals surface area contributed by atoms with Gasteiger partial charge in [0, 0.05) is 44.1 Å². The number of amides is 1. The number of nitrogens with zero attached hydrogens (tertiary/aromatic N) is 2. The largest absolute Gasteiger partial charge is 0.444 e. The molecule has 0 radical (unpaired) electrons. The van der Waals surface area contributed by atoms with Gasteiger partial charge in [0.05, 0.1) is 23.0 Å². The third-order valence-corrected chi connectivity index (χ3v) is 9.55. The number of carbonyl (C=O) groups excluding carboxylic acids is 1. The third kappa shape index (κ3) is 8.09. The quantitative estimate of drug-likeness (QED) is 0.476. The van der Waals surface area contributed by atoms with Gasteiger partial charge in [-0.3, -0.25) is 4.72 Å². The average molecular weight is 595 g/mol. The van der Waals surface area contributed by atoms with Gasteiger partial charge < -0.3 is 19.3 Å². The Morgan fingerprint density at radius 3 is 2.12 bits per heavy atom. The topological polar surface area (TPSA) is 134 Å². The van der Waals surface area contributed by atoms with Crippen molar-refractivity contribution in [2.75, 3.05) is 55.6 Å². The number of hydrogen-bond donors (Lipinski definition) is 2. The van der Waals surface area contributed by atoms with E-state index < -0.39 is 25.6 Å². The van der Waals surface area contributed by atoms with Crippen LogP contribution in [0.5, 0.6) is 0 Å². The molecule has 2 aliphatic heterocycles. The van der Waals surface area contributed by atoms with Gasteiger partial charge in [-0.1, -0.05) is 6.07 Å². The second-order valence-corrected chi connectivity index (χ2v) is 14.4. The van der Waals surface area contributed by atoms with Crippen LogP contribution in [0.2, 0.25) is 0 Å². The summed E-state index contributed by atoms with van der Waals surface area (Å²) < 4.78 is 68.0. The van der Waals surface area contributed by atoms with E-state index in [1.165, 1.54) is 18.2 Å². The van der Waals surface area contributed by atoms with Crippen molar-refractivity contribution in [3.8, 4) is 0 Å². The molecule has 40 heavy (non-hydrogen) atoms. The Hall–Kier alpha value is -2.87. The second kappa shape index (κ2) is 12.3. The molecule has 2 saturated heterocycles. The Kier molecular flexibility index (Phi) is 9.28. The predicted molar refractivity (Wildman–Crippen MR) is 152 cm³/mol. The number of piperidine rings is 1. The first-order chi connectivity index (χ1) is 18.8. The van der Waals surface area contributed by atoms with E-state index in [4.69, 9.17) is 9.47 Å². The highest BCUT2D eigenvalue weighted by molar-refractivity contribution is 7.93. The number of ether oxygens (including phenoxy) is 2. The summed E-state index contributed by atoms with van der Waals surface area (Å²) >= 11 is 0. The molecule has 0 aromatic heterocycles. The summed E-state index contributed by atoms with van der Waals surface area (Å²) in [5, 5.41) is 0. The van der Waals surface area contributed by atoms with Crippen molar-refractivity contribution in [3.05, 3.63) is 48.5 Å². The van der Waals surface area contributed by atoms with Gasteiger partial charge in [0.2, 0.25) is 10.0 Å². The standard InChI is InChI=1S/C27H38N4O7S2/c1-27(2,3)38-26(32)31-13-11-21(12-14-31)20-28-39(33,34)24-5-4-6-25(19-24)40(35,36)29-22-7-9-23(10-8-22)30-15-17-37-18-16-30/h4-10,19,21,28-29H,11-18,20H2,1-3H3. The maximum atomic E-state index is 13.0. The maximum Gasteiger partial charge on any atom is 0.410 e. The van der Waals surface area contributed by atoms with Gasteiger partial charge in [-0.05, 0) is 82.0 Å². The van der Waals surface area contributed by atoms with Gasteiger partial charge in [0.15, 0.2) is 0 Å². The molecule has 2 heterocycles. The van der Waals surface area contributed by atoms with Crippen molar-refractivity contribution >= 4 is 37.5 Å². The molecule has 4 rings (SSSR count). The van der Waals surface area contributed by atoms with Crippen LogP contribution in [0.1, 0.15) is 33.6 Å². The minimum absolute atomic E-state index is 0.0440. The van der Waals surface area contributed by atoms with Crippen LogP contribution in [0.4, 0.5) is 16.2 Å². The first-order valence-corrected chi connectivity index (χ1v) is 16.3. The minimum Gasteiger partial charge on any atom is -0.444 e. The molecule has 0 saturated carbocycles. The van der Waals surface area contributed by atoms with Crippen molar-refractivity contribution in [2.45, 2.75) is 49.0 Å². The second-order valence-electron chi connectivity index (χ2n) is 11.0. The van der Waals surface area contributed by atoms with Gasteiger partial charge in [-0.2, -0.15) is 0 Å². The van der Waals surface area contributed by atoms with Gasteiger partial charge >= 0.3 is 6.09 Å². The van der Waals surface area contributed by atoms with Crippen LogP contribution < -0.4 is 14.3 Å². The lowest BCUT2D eigenvalue weighted by Gasteiger charge is -2.33. The Bertz CT molecular complexity index is 1380. The molecule has 0 spiro atoms. The minimum atomic E-state index is -4.02. The highest BCUT2D eigenvalue weighted by atomic mass is 32.2. The van der Waals surface area contributed by atoms with Crippen molar-refractivity contribution in [1.29, 1.82) is 0 Å². The molecule has 2 aromatic rings. The van der Waals surface area contributed by atoms with E-state index in [1.807, 2.05) is 32.9 Å². The first kappa shape index (κ1) is 30.1. The molecule has 2 fully saturated rings. The average Bonchev–Trinajstić information content (AvgIpc) is 2.92. The number of hydrogen-bond acceptors (Lipinski definition) is 8. The summed E-state index contributed by atoms with van der Waals surface area (Å²) in [6.07, 6.45) is 0.890. The molecular formula is C27H38N4O7S2. The normalized spacial score (nSPS) is 17.5. The number of morpholine rings is 1. The number of likely N-dealkylation sites (tertiary alicyclic amines) is 1. The summed E-state index contributed by atoms with van der Waals surface area (Å²) in [6.45, 7) is 9.42. The van der Waals surface area contributed by atoms with Crippen LogP contribution in [0.25, 0.3) is 0 Å². The Morgan fingerprint density at radius 2 is 1.52 bits per heavy atom. The maximum absolute atomic E-state index is 13.0. The van der Waals surface area contributed by atoms with Crippen LogP contribution in [0, 0.1) is 5.92 Å². The molecule has 2 aliphatic rings. The van der Waals surface area contributed by atoms with Crippen molar-refractivity contribution in [1.82, 2.24) is 9.62 Å². The van der Waals surface area contributed by atoms with Crippen molar-refractivity contribution in [2.24, 2.45) is 5.92 Å². The van der Waals surface area contributed by atoms with Gasteiger partial charge in [-0.15, -0.1) is 0 Å². The number of benzene rings is 2. The first-order valence-electron chi connectivity index (χ1n) is 13.4. The molecular weight excluding hydrogens is 556 g/mol. The van der Waals surface area contributed by atoms with Crippen molar-refractivity contribution < 1.29 is 31.1 Å². The van der Waals surface area contributed by atoms with Crippen LogP contribution in [-0.2, 0) is 29.5 Å². The lowest BCUT2D eigenvalue weighted by atomic mass is 9.97. The van der Waals surface area contributed by atoms with Crippen LogP contribution in [0.3, 0.4) is 0 Å². The van der Waals surface area contributed by atoms with E-state index >= 15 is 0 Å². The number of nitrogens with one attached hydrogen (secondary N) is 2. The lowest BCUT2D eigenvalue weighted by Crippen LogP contribution is -2.43. The smallest absolute Gasteiger partial charge is 0.410 e. The highest BCUT2D eigenvalue weighted by Gasteiger charge is 2.28. The third-order valence-electron chi connectivity index (χ3n) is 6.75. The van der Waals surface area contributed by atoms with E-state index in [-0.39, 0.29) is 28.3 Å². The van der Waals surface area contributed by atoms with Crippen LogP contribution in [-0.4, -0.2) is 79.4 Å². The van der Waals surface area contributed by atoms with Crippen LogP contribution in [0.15, 0.2) is 58.3 Å². The van der Waals surface area contributed by atoms with E-state index in [0.29, 0.717) is 44.8 Å². The molecule has 0 aliphatic carbocycles. The number of sulfonamides is 2. The zero-order valence-electron chi connectivity index (χ0n) is 23.1. The lowest BCUT2D eigenvalue weighted by molar-refractivity contribution is 0.0185. The predicted octanol–water partition coefficient (Wildman–Crippen LogP) is 3.25. The van der Waals surface area contributed by atoms with Gasteiger partial charge in [0.1, 0.15) is 5.60 Å². The SMILES string of the molecule is CC(C)(C)OC(=O)N1CCC(CNS(=O)(=O)c2cccc(S(=O)(=O)Nc3ccc(N4CCOCC4)cc3)c2)CC1. The summed E-state index contributed by atoms with van der Waals surface area (Å²) in [6, 6.07) is 12.3. The zero-order chi connectivity index (χ0) is 29.0. The fourth-order valence-corrected chi connectivity index (χ4v) is 6.88. The fraction of sp³-hybridized carbons (Fsp3) is 0.519. The summed E-state index contributed by atoms with van der Waals surface area (Å²) in [7, 11) is -7.97. The number of carbonyl (C=O) groups is 1. The van der Waals surface area contributed by atoms with E-state index in [0.717, 1.165) is 24.8 Å². The highest BCUT2D eigenvalue weighted by Crippen LogP contribution is 2.24. The molecule has 0 bridgehead atoms. The molecule has 2 N–H and O–H groups in total. The van der Waals surface area contributed by atoms with Gasteiger partial charge in [-0.25, -0.2) is 26.4 Å². The summed E-state index contributed by atoms with van der Waals surface area (Å²) in [5.74, 6) is 0.0440. The Labute approximate surface area is 236 Å². The Balaban J connectivity index is 1.34. The molecule has 11 nitrogen and oxygen atoms in total. The molecule has 1 amide bonds. The zero-order valence-corrected chi connectivity index (χ0v) is 24.8. The van der Waals surface area contributed by atoms with E-state index in [2.05, 4.69) is 14.3 Å². The summed E-state index contributed by atoms with van der Waals surface area (Å²) in [4.78, 5) is 15.8. The Morgan fingerprint density at radius 1 is 0.925 bits per heavy atom. The number of anilines is 2. The molecule has 0 atom stereocenters. The molecule has 2 aromatic carbocycles. The molecule has 220 valence electrons. The monoisotopic (exact) mass is 594 g/mol. The molecule has 13 heteroatoms. The van der Waals surface area contributed by atoms with E-state index in [9.17, 15) is 21.6 Å². The van der Waals surface area contributed by atoms with Gasteiger partial charge in [0.25, 0.3) is 10.0 Å². The van der Waals surface area contributed by atoms with Crippen molar-refractivity contribution in [3.63, 3.8) is 0 Å². The summed E-state index contributed by atoms with van der Waals surface area (Å²) in [5.41, 5.74) is 0.774. The van der Waals surface area contributed by atoms with Crippen LogP contribution >= 0.6 is 0 Å².